The molecular weight excluding hydrogens is 214 g/mol. The lowest BCUT2D eigenvalue weighted by Crippen LogP contribution is -2.45. The van der Waals surface area contributed by atoms with Gasteiger partial charge in [0.05, 0.1) is 0 Å². The smallest absolute Gasteiger partial charge is 0.220 e. The number of amides is 1. The Morgan fingerprint density at radius 3 is 2.65 bits per heavy atom. The third-order valence-electron chi connectivity index (χ3n) is 3.63. The molecule has 1 unspecified atom stereocenters. The van der Waals surface area contributed by atoms with E-state index < -0.39 is 0 Å². The van der Waals surface area contributed by atoms with Crippen LogP contribution in [0.25, 0.3) is 0 Å². The number of rotatable bonds is 6. The summed E-state index contributed by atoms with van der Waals surface area (Å²) in [4.78, 5) is 14.1. The predicted molar refractivity (Wildman–Crippen MR) is 70.7 cm³/mol. The summed E-state index contributed by atoms with van der Waals surface area (Å²) in [6.07, 6.45) is 3.86. The second-order valence-electron chi connectivity index (χ2n) is 5.19. The van der Waals surface area contributed by atoms with Crippen molar-refractivity contribution in [3.63, 3.8) is 0 Å². The Hall–Kier alpha value is -0.610. The highest BCUT2D eigenvalue weighted by Gasteiger charge is 2.20. The largest absolute Gasteiger partial charge is 0.353 e. The van der Waals surface area contributed by atoms with Gasteiger partial charge in [-0.1, -0.05) is 20.3 Å². The normalized spacial score (nSPS) is 20.2. The summed E-state index contributed by atoms with van der Waals surface area (Å²) in [5.74, 6) is 0.712. The van der Waals surface area contributed by atoms with Crippen LogP contribution in [0.4, 0.5) is 0 Å². The van der Waals surface area contributed by atoms with E-state index >= 15 is 0 Å². The third-order valence-corrected chi connectivity index (χ3v) is 3.63. The van der Waals surface area contributed by atoms with Crippen LogP contribution in [-0.4, -0.2) is 43.0 Å². The minimum Gasteiger partial charge on any atom is -0.353 e. The summed E-state index contributed by atoms with van der Waals surface area (Å²) in [6, 6.07) is 0.376. The highest BCUT2D eigenvalue weighted by atomic mass is 16.1. The fourth-order valence-electron chi connectivity index (χ4n) is 2.23. The van der Waals surface area contributed by atoms with Gasteiger partial charge < -0.3 is 16.0 Å². The zero-order valence-corrected chi connectivity index (χ0v) is 11.2. The van der Waals surface area contributed by atoms with Crippen molar-refractivity contribution >= 4 is 5.91 Å². The van der Waals surface area contributed by atoms with E-state index in [0.717, 1.165) is 45.4 Å². The molecule has 100 valence electrons. The van der Waals surface area contributed by atoms with E-state index in [1.54, 1.807) is 0 Å². The van der Waals surface area contributed by atoms with Gasteiger partial charge in [0.2, 0.25) is 5.91 Å². The number of hydrogen-bond acceptors (Lipinski definition) is 3. The zero-order valence-electron chi connectivity index (χ0n) is 11.2. The van der Waals surface area contributed by atoms with Crippen LogP contribution in [0.5, 0.6) is 0 Å². The first-order chi connectivity index (χ1) is 8.15. The Bertz CT molecular complexity index is 225. The van der Waals surface area contributed by atoms with Crippen LogP contribution in [0, 0.1) is 5.92 Å². The molecule has 0 aromatic heterocycles. The number of carbonyl (C=O) groups excluding carboxylic acids is 1. The standard InChI is InChI=1S/C13H27N3O/c1-3-11(2)10-13(17)15-12-4-7-16(8-5-12)9-6-14/h11-12H,3-10,14H2,1-2H3,(H,15,17). The lowest BCUT2D eigenvalue weighted by atomic mass is 10.0. The molecule has 1 aliphatic heterocycles. The molecule has 3 N–H and O–H groups in total. The molecule has 0 spiro atoms. The SMILES string of the molecule is CCC(C)CC(=O)NC1CCN(CCN)CC1. The van der Waals surface area contributed by atoms with E-state index in [-0.39, 0.29) is 5.91 Å². The van der Waals surface area contributed by atoms with Crippen LogP contribution < -0.4 is 11.1 Å². The van der Waals surface area contributed by atoms with Gasteiger partial charge in [-0.05, 0) is 18.8 Å². The summed E-state index contributed by atoms with van der Waals surface area (Å²) < 4.78 is 0. The Balaban J connectivity index is 2.19. The quantitative estimate of drug-likeness (QED) is 0.728. The minimum atomic E-state index is 0.219. The lowest BCUT2D eigenvalue weighted by Gasteiger charge is -2.32. The number of nitrogens with two attached hydrogens (primary N) is 1. The van der Waals surface area contributed by atoms with Crippen molar-refractivity contribution in [2.75, 3.05) is 26.2 Å². The van der Waals surface area contributed by atoms with Crippen molar-refractivity contribution in [2.45, 2.75) is 45.6 Å². The van der Waals surface area contributed by atoms with Crippen molar-refractivity contribution in [1.29, 1.82) is 0 Å². The monoisotopic (exact) mass is 241 g/mol. The van der Waals surface area contributed by atoms with Gasteiger partial charge in [-0.25, -0.2) is 0 Å². The predicted octanol–water partition coefficient (Wildman–Crippen LogP) is 0.962. The van der Waals surface area contributed by atoms with Crippen molar-refractivity contribution in [3.8, 4) is 0 Å². The second kappa shape index (κ2) is 7.67. The fraction of sp³-hybridized carbons (Fsp3) is 0.923. The van der Waals surface area contributed by atoms with E-state index in [4.69, 9.17) is 5.73 Å². The average Bonchev–Trinajstić information content (AvgIpc) is 2.31. The van der Waals surface area contributed by atoms with Gasteiger partial charge in [-0.2, -0.15) is 0 Å². The van der Waals surface area contributed by atoms with Gasteiger partial charge in [0.1, 0.15) is 0 Å². The molecule has 4 nitrogen and oxygen atoms in total. The molecule has 1 atom stereocenters. The number of piperidine rings is 1. The number of nitrogens with one attached hydrogen (secondary N) is 1. The summed E-state index contributed by atoms with van der Waals surface area (Å²) in [5, 5.41) is 3.15. The third kappa shape index (κ3) is 5.50. The molecule has 17 heavy (non-hydrogen) atoms. The molecule has 4 heteroatoms. The molecule has 0 aromatic rings. The summed E-state index contributed by atoms with van der Waals surface area (Å²) in [6.45, 7) is 8.09. The minimum absolute atomic E-state index is 0.219. The van der Waals surface area contributed by atoms with Crippen LogP contribution >= 0.6 is 0 Å². The number of nitrogens with zero attached hydrogens (tertiary/aromatic N) is 1. The second-order valence-corrected chi connectivity index (χ2v) is 5.19. The summed E-state index contributed by atoms with van der Waals surface area (Å²) in [5.41, 5.74) is 5.53. The zero-order chi connectivity index (χ0) is 12.7. The number of likely N-dealkylation sites (tertiary alicyclic amines) is 1. The van der Waals surface area contributed by atoms with Gasteiger partial charge in [0.25, 0.3) is 0 Å². The average molecular weight is 241 g/mol. The van der Waals surface area contributed by atoms with Gasteiger partial charge in [0, 0.05) is 38.6 Å². The molecule has 1 fully saturated rings. The molecular formula is C13H27N3O. The first kappa shape index (κ1) is 14.5. The van der Waals surface area contributed by atoms with Crippen LogP contribution in [0.1, 0.15) is 39.5 Å². The van der Waals surface area contributed by atoms with Crippen molar-refractivity contribution in [3.05, 3.63) is 0 Å². The maximum Gasteiger partial charge on any atom is 0.220 e. The van der Waals surface area contributed by atoms with Gasteiger partial charge in [-0.15, -0.1) is 0 Å². The molecule has 1 heterocycles. The van der Waals surface area contributed by atoms with Crippen LogP contribution in [0.15, 0.2) is 0 Å². The summed E-state index contributed by atoms with van der Waals surface area (Å²) in [7, 11) is 0. The molecule has 1 aliphatic rings. The Morgan fingerprint density at radius 2 is 2.12 bits per heavy atom. The van der Waals surface area contributed by atoms with Crippen molar-refractivity contribution in [2.24, 2.45) is 11.7 Å². The molecule has 0 aliphatic carbocycles. The van der Waals surface area contributed by atoms with E-state index in [9.17, 15) is 4.79 Å². The van der Waals surface area contributed by atoms with E-state index in [2.05, 4.69) is 24.1 Å². The van der Waals surface area contributed by atoms with Crippen LogP contribution in [-0.2, 0) is 4.79 Å². The van der Waals surface area contributed by atoms with Gasteiger partial charge in [-0.3, -0.25) is 4.79 Å². The molecule has 1 saturated heterocycles. The highest BCUT2D eigenvalue weighted by molar-refractivity contribution is 5.76. The molecule has 0 aromatic carbocycles. The summed E-state index contributed by atoms with van der Waals surface area (Å²) >= 11 is 0. The molecule has 0 saturated carbocycles. The highest BCUT2D eigenvalue weighted by Crippen LogP contribution is 2.11. The van der Waals surface area contributed by atoms with Crippen molar-refractivity contribution < 1.29 is 4.79 Å². The fourth-order valence-corrected chi connectivity index (χ4v) is 2.23. The first-order valence-corrected chi connectivity index (χ1v) is 6.87. The van der Waals surface area contributed by atoms with E-state index in [1.165, 1.54) is 0 Å². The first-order valence-electron chi connectivity index (χ1n) is 6.87. The van der Waals surface area contributed by atoms with E-state index in [0.29, 0.717) is 18.4 Å². The molecule has 0 bridgehead atoms. The molecule has 1 amide bonds. The van der Waals surface area contributed by atoms with Crippen molar-refractivity contribution in [1.82, 2.24) is 10.2 Å². The van der Waals surface area contributed by atoms with Crippen LogP contribution in [0.3, 0.4) is 0 Å². The molecule has 1 rings (SSSR count). The maximum atomic E-state index is 11.7. The molecule has 0 radical (unpaired) electrons. The lowest BCUT2D eigenvalue weighted by molar-refractivity contribution is -0.122. The van der Waals surface area contributed by atoms with Gasteiger partial charge in [0.15, 0.2) is 0 Å². The topological polar surface area (TPSA) is 58.4 Å². The van der Waals surface area contributed by atoms with E-state index in [1.807, 2.05) is 0 Å². The Morgan fingerprint density at radius 1 is 1.47 bits per heavy atom. The number of hydrogen-bond donors (Lipinski definition) is 2. The Kier molecular flexibility index (Phi) is 6.52. The Labute approximate surface area is 105 Å². The van der Waals surface area contributed by atoms with Crippen LogP contribution in [0.2, 0.25) is 0 Å². The van der Waals surface area contributed by atoms with Gasteiger partial charge >= 0.3 is 0 Å². The number of carbonyl (C=O) groups is 1. The maximum absolute atomic E-state index is 11.7.